The second kappa shape index (κ2) is 10.5. The van der Waals surface area contributed by atoms with Crippen molar-refractivity contribution in [3.8, 4) is 11.3 Å². The Kier molecular flexibility index (Phi) is 7.03. The van der Waals surface area contributed by atoms with Gasteiger partial charge in [0.05, 0.1) is 12.2 Å². The maximum atomic E-state index is 12.8. The van der Waals surface area contributed by atoms with E-state index in [0.29, 0.717) is 25.2 Å². The lowest BCUT2D eigenvalue weighted by molar-refractivity contribution is 0.1000. The van der Waals surface area contributed by atoms with E-state index in [1.54, 1.807) is 30.1 Å². The predicted octanol–water partition coefficient (Wildman–Crippen LogP) is 4.04. The minimum absolute atomic E-state index is 0.223. The van der Waals surface area contributed by atoms with Gasteiger partial charge in [0.2, 0.25) is 5.91 Å². The number of urea groups is 1. The van der Waals surface area contributed by atoms with Gasteiger partial charge >= 0.3 is 6.03 Å². The summed E-state index contributed by atoms with van der Waals surface area (Å²) in [7, 11) is 1.71. The molecule has 7 heteroatoms. The number of nitrogens with zero attached hydrogens (tertiary/aromatic N) is 3. The van der Waals surface area contributed by atoms with Crippen LogP contribution < -0.4 is 11.1 Å². The summed E-state index contributed by atoms with van der Waals surface area (Å²) in [6.45, 7) is 1.33. The smallest absolute Gasteiger partial charge is 0.317 e. The molecule has 0 bridgehead atoms. The molecule has 0 atom stereocenters. The first-order chi connectivity index (χ1) is 16.5. The largest absolute Gasteiger partial charge is 0.366 e. The van der Waals surface area contributed by atoms with E-state index >= 15 is 0 Å². The molecule has 3 amide bonds. The number of benzene rings is 3. The van der Waals surface area contributed by atoms with Crippen molar-refractivity contribution < 1.29 is 9.59 Å². The van der Waals surface area contributed by atoms with Crippen LogP contribution in [0.25, 0.3) is 11.3 Å². The highest BCUT2D eigenvalue weighted by Gasteiger charge is 2.15. The van der Waals surface area contributed by atoms with Gasteiger partial charge in [0.25, 0.3) is 0 Å². The van der Waals surface area contributed by atoms with Crippen LogP contribution in [0.2, 0.25) is 0 Å². The van der Waals surface area contributed by atoms with Crippen LogP contribution in [0.15, 0.2) is 91.1 Å². The van der Waals surface area contributed by atoms with Crippen molar-refractivity contribution in [3.63, 3.8) is 0 Å². The van der Waals surface area contributed by atoms with Crippen molar-refractivity contribution in [2.75, 3.05) is 7.05 Å². The summed E-state index contributed by atoms with van der Waals surface area (Å²) in [4.78, 5) is 25.8. The van der Waals surface area contributed by atoms with Crippen molar-refractivity contribution in [1.82, 2.24) is 20.0 Å². The number of hydrogen-bond donors (Lipinski definition) is 2. The molecule has 1 heterocycles. The molecule has 0 spiro atoms. The van der Waals surface area contributed by atoms with Crippen LogP contribution >= 0.6 is 0 Å². The first-order valence-electron chi connectivity index (χ1n) is 11.0. The number of carbonyl (C=O) groups is 2. The van der Waals surface area contributed by atoms with Crippen molar-refractivity contribution in [1.29, 1.82) is 0 Å². The summed E-state index contributed by atoms with van der Waals surface area (Å²) < 4.78 is 1.90. The number of nitrogens with one attached hydrogen (secondary N) is 1. The van der Waals surface area contributed by atoms with E-state index in [4.69, 9.17) is 10.8 Å². The number of rotatable bonds is 8. The van der Waals surface area contributed by atoms with Crippen LogP contribution in [-0.2, 0) is 19.6 Å². The van der Waals surface area contributed by atoms with Crippen LogP contribution in [0.4, 0.5) is 4.79 Å². The summed E-state index contributed by atoms with van der Waals surface area (Å²) in [5, 5.41) is 7.79. The van der Waals surface area contributed by atoms with Gasteiger partial charge in [-0.05, 0) is 23.3 Å². The van der Waals surface area contributed by atoms with Gasteiger partial charge in [0.15, 0.2) is 0 Å². The number of nitrogens with two attached hydrogens (primary N) is 1. The third-order valence-electron chi connectivity index (χ3n) is 5.48. The van der Waals surface area contributed by atoms with Gasteiger partial charge < -0.3 is 16.0 Å². The number of hydrogen-bond acceptors (Lipinski definition) is 3. The second-order valence-corrected chi connectivity index (χ2v) is 8.13. The quantitative estimate of drug-likeness (QED) is 0.422. The van der Waals surface area contributed by atoms with Crippen LogP contribution in [0.1, 0.15) is 27.0 Å². The van der Waals surface area contributed by atoms with Gasteiger partial charge in [-0.2, -0.15) is 5.10 Å². The molecule has 0 saturated carbocycles. The van der Waals surface area contributed by atoms with Gasteiger partial charge in [0, 0.05) is 43.0 Å². The number of carbonyl (C=O) groups excluding carboxylic acids is 2. The fourth-order valence-electron chi connectivity index (χ4n) is 3.76. The Bertz CT molecular complexity index is 1270. The molecule has 4 aromatic rings. The molecule has 3 aromatic carbocycles. The summed E-state index contributed by atoms with van der Waals surface area (Å²) in [5.74, 6) is -0.491. The van der Waals surface area contributed by atoms with Crippen molar-refractivity contribution in [3.05, 3.63) is 113 Å². The molecule has 0 saturated heterocycles. The SMILES string of the molecule is CN(Cc1cccc(C(N)=O)c1)C(=O)NCc1cn(Cc2ccccc2)nc1-c1ccccc1. The maximum Gasteiger partial charge on any atom is 0.317 e. The first-order valence-corrected chi connectivity index (χ1v) is 11.0. The number of amides is 3. The van der Waals surface area contributed by atoms with E-state index in [0.717, 1.165) is 27.9 Å². The monoisotopic (exact) mass is 453 g/mol. The maximum absolute atomic E-state index is 12.8. The highest BCUT2D eigenvalue weighted by molar-refractivity contribution is 5.92. The molecule has 7 nitrogen and oxygen atoms in total. The van der Waals surface area contributed by atoms with E-state index in [1.807, 2.05) is 65.5 Å². The Morgan fingerprint density at radius 2 is 1.62 bits per heavy atom. The Morgan fingerprint density at radius 1 is 0.941 bits per heavy atom. The van der Waals surface area contributed by atoms with E-state index in [9.17, 15) is 9.59 Å². The molecule has 0 fully saturated rings. The molecule has 172 valence electrons. The molecule has 0 aliphatic rings. The van der Waals surface area contributed by atoms with Gasteiger partial charge in [-0.15, -0.1) is 0 Å². The van der Waals surface area contributed by atoms with Crippen molar-refractivity contribution in [2.45, 2.75) is 19.6 Å². The average molecular weight is 454 g/mol. The third kappa shape index (κ3) is 5.69. The zero-order valence-electron chi connectivity index (χ0n) is 19.0. The lowest BCUT2D eigenvalue weighted by Crippen LogP contribution is -2.36. The van der Waals surface area contributed by atoms with Crippen LogP contribution in [0, 0.1) is 0 Å². The zero-order valence-corrected chi connectivity index (χ0v) is 19.0. The lowest BCUT2D eigenvalue weighted by atomic mass is 10.1. The van der Waals surface area contributed by atoms with Crippen molar-refractivity contribution >= 4 is 11.9 Å². The normalized spacial score (nSPS) is 10.6. The van der Waals surface area contributed by atoms with Crippen molar-refractivity contribution in [2.24, 2.45) is 5.73 Å². The van der Waals surface area contributed by atoms with Gasteiger partial charge in [-0.3, -0.25) is 9.48 Å². The van der Waals surface area contributed by atoms with E-state index in [1.165, 1.54) is 0 Å². The average Bonchev–Trinajstić information content (AvgIpc) is 3.26. The first kappa shape index (κ1) is 22.8. The molecule has 0 radical (unpaired) electrons. The fourth-order valence-corrected chi connectivity index (χ4v) is 3.76. The second-order valence-electron chi connectivity index (χ2n) is 8.13. The van der Waals surface area contributed by atoms with Crippen LogP contribution in [0.5, 0.6) is 0 Å². The van der Waals surface area contributed by atoms with Gasteiger partial charge in [-0.25, -0.2) is 4.79 Å². The lowest BCUT2D eigenvalue weighted by Gasteiger charge is -2.18. The molecule has 4 rings (SSSR count). The minimum Gasteiger partial charge on any atom is -0.366 e. The summed E-state index contributed by atoms with van der Waals surface area (Å²) in [5.41, 5.74) is 10.5. The summed E-state index contributed by atoms with van der Waals surface area (Å²) in [6.07, 6.45) is 1.98. The third-order valence-corrected chi connectivity index (χ3v) is 5.48. The standard InChI is InChI=1S/C27H27N5O2/c1-31(17-21-11-8-14-23(15-21)26(28)33)27(34)29-16-24-19-32(18-20-9-4-2-5-10-20)30-25(24)22-12-6-3-7-13-22/h2-15,19H,16-18H2,1H3,(H2,28,33)(H,29,34). The zero-order chi connectivity index (χ0) is 23.9. The Labute approximate surface area is 198 Å². The van der Waals surface area contributed by atoms with E-state index < -0.39 is 5.91 Å². The molecule has 0 aliphatic heterocycles. The van der Waals surface area contributed by atoms with E-state index in [-0.39, 0.29) is 6.03 Å². The van der Waals surface area contributed by atoms with Crippen LogP contribution in [-0.4, -0.2) is 33.7 Å². The summed E-state index contributed by atoms with van der Waals surface area (Å²) in [6, 6.07) is 26.8. The van der Waals surface area contributed by atoms with Crippen LogP contribution in [0.3, 0.4) is 0 Å². The molecule has 34 heavy (non-hydrogen) atoms. The number of aromatic nitrogens is 2. The fraction of sp³-hybridized carbons (Fsp3) is 0.148. The summed E-state index contributed by atoms with van der Waals surface area (Å²) >= 11 is 0. The molecular weight excluding hydrogens is 426 g/mol. The van der Waals surface area contributed by atoms with E-state index in [2.05, 4.69) is 17.4 Å². The Balaban J connectivity index is 1.47. The minimum atomic E-state index is -0.491. The Hall–Kier alpha value is -4.39. The highest BCUT2D eigenvalue weighted by atomic mass is 16.2. The van der Waals surface area contributed by atoms with Gasteiger partial charge in [-0.1, -0.05) is 72.8 Å². The molecule has 0 unspecified atom stereocenters. The van der Waals surface area contributed by atoms with Gasteiger partial charge in [0.1, 0.15) is 0 Å². The predicted molar refractivity (Wildman–Crippen MR) is 132 cm³/mol. The molecular formula is C27H27N5O2. The Morgan fingerprint density at radius 3 is 2.32 bits per heavy atom. The molecule has 0 aliphatic carbocycles. The molecule has 3 N–H and O–H groups in total. The molecule has 1 aromatic heterocycles. The highest BCUT2D eigenvalue weighted by Crippen LogP contribution is 2.22. The topological polar surface area (TPSA) is 93.2 Å². The number of primary amides is 1.